The Hall–Kier alpha value is -2.87. The van der Waals surface area contributed by atoms with E-state index in [1.807, 2.05) is 6.92 Å². The molecule has 2 aromatic carbocycles. The van der Waals surface area contributed by atoms with Crippen molar-refractivity contribution in [2.75, 3.05) is 17.4 Å². The Morgan fingerprint density at radius 1 is 1.07 bits per heavy atom. The maximum Gasteiger partial charge on any atom is 0.338 e. The zero-order chi connectivity index (χ0) is 21.4. The Bertz CT molecular complexity index is 945. The highest BCUT2D eigenvalue weighted by molar-refractivity contribution is 7.92. The first-order valence-corrected chi connectivity index (χ1v) is 10.9. The van der Waals surface area contributed by atoms with Crippen molar-refractivity contribution in [1.29, 1.82) is 0 Å². The van der Waals surface area contributed by atoms with Gasteiger partial charge in [0.05, 0.1) is 16.1 Å². The number of hydrogen-bond acceptors (Lipinski definition) is 5. The molecule has 7 nitrogen and oxygen atoms in total. The molecule has 1 unspecified atom stereocenters. The van der Waals surface area contributed by atoms with Crippen LogP contribution in [0, 0.1) is 0 Å². The van der Waals surface area contributed by atoms with E-state index in [1.54, 1.807) is 37.3 Å². The summed E-state index contributed by atoms with van der Waals surface area (Å²) in [6.07, 6.45) is -0.215. The number of ether oxygens (including phenoxy) is 1. The smallest absolute Gasteiger partial charge is 0.338 e. The molecule has 0 saturated carbocycles. The molecule has 0 fully saturated rings. The first-order valence-electron chi connectivity index (χ1n) is 9.47. The van der Waals surface area contributed by atoms with Gasteiger partial charge in [0.25, 0.3) is 15.9 Å². The topological polar surface area (TPSA) is 92.8 Å². The summed E-state index contributed by atoms with van der Waals surface area (Å²) in [4.78, 5) is 24.3. The fraction of sp³-hybridized carbons (Fsp3) is 0.333. The van der Waals surface area contributed by atoms with E-state index in [-0.39, 0.29) is 17.0 Å². The summed E-state index contributed by atoms with van der Waals surface area (Å²) < 4.78 is 32.6. The minimum atomic E-state index is -3.87. The maximum absolute atomic E-state index is 13.1. The van der Waals surface area contributed by atoms with Gasteiger partial charge < -0.3 is 10.1 Å². The fourth-order valence-corrected chi connectivity index (χ4v) is 4.19. The van der Waals surface area contributed by atoms with Crippen molar-refractivity contribution in [3.05, 3.63) is 60.2 Å². The number of amides is 1. The molecule has 0 bridgehead atoms. The number of nitrogens with zero attached hydrogens (tertiary/aromatic N) is 1. The molecule has 2 rings (SSSR count). The van der Waals surface area contributed by atoms with Gasteiger partial charge in [-0.05, 0) is 50.6 Å². The van der Waals surface area contributed by atoms with E-state index < -0.39 is 28.0 Å². The molecule has 1 amide bonds. The van der Waals surface area contributed by atoms with E-state index in [9.17, 15) is 18.0 Å². The van der Waals surface area contributed by atoms with Crippen LogP contribution in [0.4, 0.5) is 5.69 Å². The molecular weight excluding hydrogens is 392 g/mol. The molecule has 0 radical (unpaired) electrons. The lowest BCUT2D eigenvalue weighted by atomic mass is 10.2. The molecule has 2 aromatic rings. The minimum Gasteiger partial charge on any atom is -0.449 e. The molecule has 0 spiro atoms. The SMILES string of the molecule is CCCNC(=O)C(C)OC(=O)c1cccc(S(=O)(=O)N(CC)c2ccccc2)c1. The van der Waals surface area contributed by atoms with E-state index >= 15 is 0 Å². The van der Waals surface area contributed by atoms with Crippen LogP contribution in [0.15, 0.2) is 59.5 Å². The van der Waals surface area contributed by atoms with Gasteiger partial charge in [-0.3, -0.25) is 9.10 Å². The molecule has 29 heavy (non-hydrogen) atoms. The molecule has 1 N–H and O–H groups in total. The third-order valence-corrected chi connectivity index (χ3v) is 6.09. The lowest BCUT2D eigenvalue weighted by Gasteiger charge is -2.23. The molecule has 0 aliphatic heterocycles. The Labute approximate surface area is 171 Å². The van der Waals surface area contributed by atoms with Crippen molar-refractivity contribution < 1.29 is 22.7 Å². The summed E-state index contributed by atoms with van der Waals surface area (Å²) in [5, 5.41) is 2.65. The van der Waals surface area contributed by atoms with Crippen molar-refractivity contribution in [3.63, 3.8) is 0 Å². The Balaban J connectivity index is 2.23. The van der Waals surface area contributed by atoms with Crippen molar-refractivity contribution in [2.45, 2.75) is 38.2 Å². The lowest BCUT2D eigenvalue weighted by Crippen LogP contribution is -2.36. The monoisotopic (exact) mass is 418 g/mol. The summed E-state index contributed by atoms with van der Waals surface area (Å²) in [7, 11) is -3.87. The van der Waals surface area contributed by atoms with Gasteiger partial charge in [-0.2, -0.15) is 0 Å². The second kappa shape index (κ2) is 10.1. The molecule has 0 saturated heterocycles. The third kappa shape index (κ3) is 5.57. The Morgan fingerprint density at radius 3 is 2.38 bits per heavy atom. The summed E-state index contributed by atoms with van der Waals surface area (Å²) in [5.74, 6) is -1.16. The zero-order valence-electron chi connectivity index (χ0n) is 16.8. The van der Waals surface area contributed by atoms with E-state index in [0.29, 0.717) is 12.2 Å². The van der Waals surface area contributed by atoms with E-state index in [1.165, 1.54) is 35.5 Å². The average molecular weight is 419 g/mol. The van der Waals surface area contributed by atoms with Crippen LogP contribution in [0.5, 0.6) is 0 Å². The van der Waals surface area contributed by atoms with Gasteiger partial charge in [-0.1, -0.05) is 31.2 Å². The third-order valence-electron chi connectivity index (χ3n) is 4.19. The highest BCUT2D eigenvalue weighted by Gasteiger charge is 2.25. The predicted octanol–water partition coefficient (Wildman–Crippen LogP) is 2.97. The Kier molecular flexibility index (Phi) is 7.78. The number of anilines is 1. The predicted molar refractivity (Wildman–Crippen MR) is 111 cm³/mol. The fourth-order valence-electron chi connectivity index (χ4n) is 2.67. The van der Waals surface area contributed by atoms with Gasteiger partial charge in [0.2, 0.25) is 0 Å². The minimum absolute atomic E-state index is 0.0271. The zero-order valence-corrected chi connectivity index (χ0v) is 17.6. The van der Waals surface area contributed by atoms with Crippen molar-refractivity contribution in [2.24, 2.45) is 0 Å². The average Bonchev–Trinajstić information content (AvgIpc) is 2.73. The number of para-hydroxylation sites is 1. The molecule has 0 aromatic heterocycles. The van der Waals surface area contributed by atoms with Gasteiger partial charge >= 0.3 is 5.97 Å². The van der Waals surface area contributed by atoms with Gasteiger partial charge in [-0.15, -0.1) is 0 Å². The molecular formula is C21H26N2O5S. The largest absolute Gasteiger partial charge is 0.449 e. The molecule has 8 heteroatoms. The summed E-state index contributed by atoms with van der Waals surface area (Å²) in [6.45, 7) is 5.84. The van der Waals surface area contributed by atoms with Gasteiger partial charge in [0.1, 0.15) is 0 Å². The van der Waals surface area contributed by atoms with E-state index in [0.717, 1.165) is 6.42 Å². The van der Waals surface area contributed by atoms with Crippen LogP contribution in [-0.4, -0.2) is 39.5 Å². The molecule has 0 heterocycles. The number of sulfonamides is 1. The summed E-state index contributed by atoms with van der Waals surface area (Å²) >= 11 is 0. The van der Waals surface area contributed by atoms with Gasteiger partial charge in [0.15, 0.2) is 6.10 Å². The van der Waals surface area contributed by atoms with Crippen molar-refractivity contribution >= 4 is 27.6 Å². The van der Waals surface area contributed by atoms with Crippen LogP contribution in [-0.2, 0) is 19.6 Å². The molecule has 156 valence electrons. The number of rotatable bonds is 9. The first kappa shape index (κ1) is 22.4. The quantitative estimate of drug-likeness (QED) is 0.632. The highest BCUT2D eigenvalue weighted by atomic mass is 32.2. The van der Waals surface area contributed by atoms with E-state index in [2.05, 4.69) is 5.32 Å². The lowest BCUT2D eigenvalue weighted by molar-refractivity contribution is -0.129. The molecule has 0 aliphatic carbocycles. The summed E-state index contributed by atoms with van der Waals surface area (Å²) in [6, 6.07) is 14.3. The maximum atomic E-state index is 13.1. The molecule has 1 atom stereocenters. The first-order chi connectivity index (χ1) is 13.8. The normalized spacial score (nSPS) is 12.1. The highest BCUT2D eigenvalue weighted by Crippen LogP contribution is 2.24. The second-order valence-corrected chi connectivity index (χ2v) is 8.23. The number of carbonyl (C=O) groups is 2. The number of hydrogen-bond donors (Lipinski definition) is 1. The standard InChI is InChI=1S/C21H26N2O5S/c1-4-14-22-20(24)16(3)28-21(25)17-10-9-13-19(15-17)29(26,27)23(5-2)18-11-7-6-8-12-18/h6-13,15-16H,4-5,14H2,1-3H3,(H,22,24). The number of nitrogens with one attached hydrogen (secondary N) is 1. The number of esters is 1. The Morgan fingerprint density at radius 2 is 1.76 bits per heavy atom. The van der Waals surface area contributed by atoms with Gasteiger partial charge in [-0.25, -0.2) is 13.2 Å². The van der Waals surface area contributed by atoms with Crippen LogP contribution in [0.2, 0.25) is 0 Å². The van der Waals surface area contributed by atoms with Crippen LogP contribution < -0.4 is 9.62 Å². The van der Waals surface area contributed by atoms with Crippen LogP contribution in [0.3, 0.4) is 0 Å². The number of benzene rings is 2. The van der Waals surface area contributed by atoms with Crippen LogP contribution >= 0.6 is 0 Å². The van der Waals surface area contributed by atoms with E-state index in [4.69, 9.17) is 4.74 Å². The van der Waals surface area contributed by atoms with Gasteiger partial charge in [0, 0.05) is 13.1 Å². The second-order valence-electron chi connectivity index (χ2n) is 6.37. The van der Waals surface area contributed by atoms with Crippen LogP contribution in [0.1, 0.15) is 37.6 Å². The molecule has 0 aliphatic rings. The van der Waals surface area contributed by atoms with Crippen molar-refractivity contribution in [3.8, 4) is 0 Å². The van der Waals surface area contributed by atoms with Crippen LogP contribution in [0.25, 0.3) is 0 Å². The number of carbonyl (C=O) groups excluding carboxylic acids is 2. The van der Waals surface area contributed by atoms with Crippen molar-refractivity contribution in [1.82, 2.24) is 5.32 Å². The summed E-state index contributed by atoms with van der Waals surface area (Å²) in [5.41, 5.74) is 0.592.